The van der Waals surface area contributed by atoms with Crippen molar-refractivity contribution in [3.63, 3.8) is 0 Å². The Morgan fingerprint density at radius 1 is 1.07 bits per heavy atom. The number of anilines is 1. The summed E-state index contributed by atoms with van der Waals surface area (Å²) in [5.41, 5.74) is 0.650. The van der Waals surface area contributed by atoms with Gasteiger partial charge in [-0.05, 0) is 30.7 Å². The van der Waals surface area contributed by atoms with E-state index in [0.29, 0.717) is 18.0 Å². The molecule has 7 nitrogen and oxygen atoms in total. The molecule has 0 saturated heterocycles. The van der Waals surface area contributed by atoms with Crippen LogP contribution in [0.15, 0.2) is 47.4 Å². The first kappa shape index (κ1) is 22.7. The maximum absolute atomic E-state index is 13.1. The first-order valence-electron chi connectivity index (χ1n) is 9.35. The molecule has 2 aromatic rings. The lowest BCUT2D eigenvalue weighted by atomic mass is 10.1. The first-order chi connectivity index (χ1) is 13.7. The molecule has 0 bridgehead atoms. The second-order valence-corrected chi connectivity index (χ2v) is 8.91. The van der Waals surface area contributed by atoms with Gasteiger partial charge < -0.3 is 14.4 Å². The van der Waals surface area contributed by atoms with Crippen molar-refractivity contribution in [3.05, 3.63) is 48.0 Å². The first-order valence-corrected chi connectivity index (χ1v) is 10.8. The molecule has 0 aliphatic carbocycles. The molecule has 158 valence electrons. The highest BCUT2D eigenvalue weighted by molar-refractivity contribution is 7.89. The van der Waals surface area contributed by atoms with Crippen LogP contribution in [0.2, 0.25) is 0 Å². The van der Waals surface area contributed by atoms with Crippen LogP contribution in [0.3, 0.4) is 0 Å². The van der Waals surface area contributed by atoms with Gasteiger partial charge in [0, 0.05) is 27.7 Å². The van der Waals surface area contributed by atoms with Crippen LogP contribution >= 0.6 is 0 Å². The number of hydrogen-bond donors (Lipinski definition) is 0. The standard InChI is InChI=1S/C21H28N2O5S/c1-6-7-13-23(4)18-14-16(21(24)27-5)15-19(29(25,26)22(2)3)20(18)28-17-11-9-8-10-12-17/h8-12,14-15H,6-7,13H2,1-5H3. The van der Waals surface area contributed by atoms with Gasteiger partial charge in [0.2, 0.25) is 10.0 Å². The molecule has 2 aromatic carbocycles. The summed E-state index contributed by atoms with van der Waals surface area (Å²) in [5.74, 6) is 0.0615. The number of benzene rings is 2. The normalized spacial score (nSPS) is 11.4. The zero-order chi connectivity index (χ0) is 21.6. The van der Waals surface area contributed by atoms with Gasteiger partial charge in [0.25, 0.3) is 0 Å². The van der Waals surface area contributed by atoms with Gasteiger partial charge in [-0.3, -0.25) is 0 Å². The number of methoxy groups -OCH3 is 1. The number of sulfonamides is 1. The average Bonchev–Trinajstić information content (AvgIpc) is 2.71. The van der Waals surface area contributed by atoms with Crippen LogP contribution < -0.4 is 9.64 Å². The van der Waals surface area contributed by atoms with Gasteiger partial charge in [0.1, 0.15) is 10.6 Å². The number of nitrogens with zero attached hydrogens (tertiary/aromatic N) is 2. The molecule has 2 rings (SSSR count). The van der Waals surface area contributed by atoms with E-state index in [-0.39, 0.29) is 16.2 Å². The minimum Gasteiger partial charge on any atom is -0.465 e. The summed E-state index contributed by atoms with van der Waals surface area (Å²) in [6.45, 7) is 2.75. The molecule has 8 heteroatoms. The van der Waals surface area contributed by atoms with Crippen LogP contribution in [0.1, 0.15) is 30.1 Å². The van der Waals surface area contributed by atoms with Gasteiger partial charge in [-0.1, -0.05) is 31.5 Å². The van der Waals surface area contributed by atoms with Crippen molar-refractivity contribution in [1.82, 2.24) is 4.31 Å². The van der Waals surface area contributed by atoms with E-state index in [4.69, 9.17) is 9.47 Å². The lowest BCUT2D eigenvalue weighted by molar-refractivity contribution is 0.0600. The fourth-order valence-corrected chi connectivity index (χ4v) is 3.77. The Kier molecular flexibility index (Phi) is 7.64. The summed E-state index contributed by atoms with van der Waals surface area (Å²) in [7, 11) is 2.08. The zero-order valence-electron chi connectivity index (χ0n) is 17.5. The third-order valence-electron chi connectivity index (χ3n) is 4.44. The van der Waals surface area contributed by atoms with E-state index in [1.54, 1.807) is 30.3 Å². The second-order valence-electron chi connectivity index (χ2n) is 6.79. The number of esters is 1. The molecular weight excluding hydrogens is 392 g/mol. The van der Waals surface area contributed by atoms with E-state index in [2.05, 4.69) is 6.92 Å². The lowest BCUT2D eigenvalue weighted by Crippen LogP contribution is -2.25. The highest BCUT2D eigenvalue weighted by atomic mass is 32.2. The van der Waals surface area contributed by atoms with E-state index >= 15 is 0 Å². The number of carbonyl (C=O) groups excluding carboxylic acids is 1. The van der Waals surface area contributed by atoms with E-state index in [1.165, 1.54) is 27.3 Å². The number of ether oxygens (including phenoxy) is 2. The Morgan fingerprint density at radius 3 is 2.28 bits per heavy atom. The third kappa shape index (κ3) is 5.27. The number of rotatable bonds is 9. The fourth-order valence-electron chi connectivity index (χ4n) is 2.72. The smallest absolute Gasteiger partial charge is 0.337 e. The summed E-state index contributed by atoms with van der Waals surface area (Å²) in [5, 5.41) is 0. The molecule has 29 heavy (non-hydrogen) atoms. The Labute approximate surface area is 172 Å². The molecule has 0 aromatic heterocycles. The predicted octanol–water partition coefficient (Wildman–Crippen LogP) is 3.75. The highest BCUT2D eigenvalue weighted by Gasteiger charge is 2.29. The zero-order valence-corrected chi connectivity index (χ0v) is 18.3. The SMILES string of the molecule is CCCCN(C)c1cc(C(=O)OC)cc(S(=O)(=O)N(C)C)c1Oc1ccccc1. The van der Waals surface area contributed by atoms with Crippen LogP contribution in [0.4, 0.5) is 5.69 Å². The summed E-state index contributed by atoms with van der Waals surface area (Å²) in [6, 6.07) is 11.9. The van der Waals surface area contributed by atoms with Crippen molar-refractivity contribution in [2.24, 2.45) is 0 Å². The molecule has 0 aliphatic rings. The minimum absolute atomic E-state index is 0.0902. The highest BCUT2D eigenvalue weighted by Crippen LogP contribution is 2.40. The molecule has 0 N–H and O–H groups in total. The van der Waals surface area contributed by atoms with Crippen molar-refractivity contribution < 1.29 is 22.7 Å². The summed E-state index contributed by atoms with van der Waals surface area (Å²) >= 11 is 0. The molecule has 0 spiro atoms. The van der Waals surface area contributed by atoms with Crippen molar-refractivity contribution in [2.75, 3.05) is 39.7 Å². The second kappa shape index (κ2) is 9.76. The van der Waals surface area contributed by atoms with E-state index in [0.717, 1.165) is 17.1 Å². The quantitative estimate of drug-likeness (QED) is 0.575. The van der Waals surface area contributed by atoms with Gasteiger partial charge in [-0.25, -0.2) is 17.5 Å². The van der Waals surface area contributed by atoms with E-state index < -0.39 is 16.0 Å². The molecule has 0 saturated carbocycles. The van der Waals surface area contributed by atoms with Gasteiger partial charge in [-0.2, -0.15) is 0 Å². The van der Waals surface area contributed by atoms with Crippen LogP contribution in [0.25, 0.3) is 0 Å². The summed E-state index contributed by atoms with van der Waals surface area (Å²) in [4.78, 5) is 14.0. The predicted molar refractivity (Wildman–Crippen MR) is 113 cm³/mol. The Hall–Kier alpha value is -2.58. The van der Waals surface area contributed by atoms with Gasteiger partial charge in [0.15, 0.2) is 5.75 Å². The van der Waals surface area contributed by atoms with Crippen LogP contribution in [-0.4, -0.2) is 53.5 Å². The molecule has 0 radical (unpaired) electrons. The van der Waals surface area contributed by atoms with Crippen molar-refractivity contribution in [3.8, 4) is 11.5 Å². The monoisotopic (exact) mass is 420 g/mol. The average molecular weight is 421 g/mol. The van der Waals surface area contributed by atoms with Crippen LogP contribution in [0.5, 0.6) is 11.5 Å². The molecular formula is C21H28N2O5S. The van der Waals surface area contributed by atoms with Gasteiger partial charge >= 0.3 is 5.97 Å². The van der Waals surface area contributed by atoms with Gasteiger partial charge in [0.05, 0.1) is 18.4 Å². The molecule has 0 fully saturated rings. The molecule has 0 amide bonds. The topological polar surface area (TPSA) is 76.2 Å². The third-order valence-corrected chi connectivity index (χ3v) is 6.26. The summed E-state index contributed by atoms with van der Waals surface area (Å²) in [6.07, 6.45) is 1.87. The van der Waals surface area contributed by atoms with Gasteiger partial charge in [-0.15, -0.1) is 0 Å². The van der Waals surface area contributed by atoms with Crippen LogP contribution in [-0.2, 0) is 14.8 Å². The maximum Gasteiger partial charge on any atom is 0.337 e. The van der Waals surface area contributed by atoms with Crippen LogP contribution in [0, 0.1) is 0 Å². The molecule has 0 atom stereocenters. The lowest BCUT2D eigenvalue weighted by Gasteiger charge is -2.25. The van der Waals surface area contributed by atoms with Crippen molar-refractivity contribution in [1.29, 1.82) is 0 Å². The summed E-state index contributed by atoms with van der Waals surface area (Å²) < 4.78 is 38.1. The number of hydrogen-bond acceptors (Lipinski definition) is 6. The maximum atomic E-state index is 13.1. The van der Waals surface area contributed by atoms with Crippen molar-refractivity contribution in [2.45, 2.75) is 24.7 Å². The minimum atomic E-state index is -3.89. The fraction of sp³-hybridized carbons (Fsp3) is 0.381. The largest absolute Gasteiger partial charge is 0.465 e. The Bertz CT molecular complexity index is 943. The van der Waals surface area contributed by atoms with Crippen molar-refractivity contribution >= 4 is 21.7 Å². The number of unbranched alkanes of at least 4 members (excludes halogenated alkanes) is 1. The Morgan fingerprint density at radius 2 is 1.72 bits per heavy atom. The molecule has 0 aliphatic heterocycles. The van der Waals surface area contributed by atoms with E-state index in [9.17, 15) is 13.2 Å². The van der Waals surface area contributed by atoms with E-state index in [1.807, 2.05) is 18.0 Å². The molecule has 0 heterocycles. The molecule has 0 unspecified atom stereocenters. The number of para-hydroxylation sites is 1. The Balaban J connectivity index is 2.77. The number of carbonyl (C=O) groups is 1.